The summed E-state index contributed by atoms with van der Waals surface area (Å²) in [5.74, 6) is 2.78. The first-order valence-corrected chi connectivity index (χ1v) is 8.57. The molecule has 130 valence electrons. The number of piperidine rings is 1. The van der Waals surface area contributed by atoms with Crippen molar-refractivity contribution >= 4 is 5.91 Å². The first-order chi connectivity index (χ1) is 12.2. The average Bonchev–Trinajstić information content (AvgIpc) is 3.15. The Labute approximate surface area is 147 Å². The van der Waals surface area contributed by atoms with Crippen LogP contribution in [0.15, 0.2) is 42.5 Å². The number of nitrogens with zero attached hydrogens (tertiary/aromatic N) is 1. The largest absolute Gasteiger partial charge is 0.497 e. The molecule has 2 heterocycles. The van der Waals surface area contributed by atoms with Gasteiger partial charge in [0.2, 0.25) is 6.79 Å². The smallest absolute Gasteiger partial charge is 0.253 e. The lowest BCUT2D eigenvalue weighted by Gasteiger charge is -2.32. The summed E-state index contributed by atoms with van der Waals surface area (Å²) in [4.78, 5) is 14.7. The highest BCUT2D eigenvalue weighted by atomic mass is 16.7. The van der Waals surface area contributed by atoms with Gasteiger partial charge in [-0.1, -0.05) is 12.1 Å². The quantitative estimate of drug-likeness (QED) is 0.859. The molecule has 2 aliphatic rings. The van der Waals surface area contributed by atoms with Gasteiger partial charge in [0.25, 0.3) is 5.91 Å². The number of methoxy groups -OCH3 is 1. The maximum Gasteiger partial charge on any atom is 0.253 e. The fourth-order valence-electron chi connectivity index (χ4n) is 3.50. The molecule has 5 nitrogen and oxygen atoms in total. The minimum Gasteiger partial charge on any atom is -0.497 e. The second-order valence-corrected chi connectivity index (χ2v) is 6.41. The average molecular weight is 339 g/mol. The van der Waals surface area contributed by atoms with Crippen molar-refractivity contribution in [3.63, 3.8) is 0 Å². The molecule has 0 unspecified atom stereocenters. The van der Waals surface area contributed by atoms with Crippen molar-refractivity contribution in [3.05, 3.63) is 53.6 Å². The molecular weight excluding hydrogens is 318 g/mol. The molecule has 0 radical (unpaired) electrons. The fourth-order valence-corrected chi connectivity index (χ4v) is 3.50. The van der Waals surface area contributed by atoms with Crippen LogP contribution in [-0.2, 0) is 0 Å². The van der Waals surface area contributed by atoms with Crippen LogP contribution in [0.3, 0.4) is 0 Å². The maximum absolute atomic E-state index is 12.7. The Morgan fingerprint density at radius 1 is 1.04 bits per heavy atom. The molecule has 0 bridgehead atoms. The van der Waals surface area contributed by atoms with Gasteiger partial charge in [0.1, 0.15) is 5.75 Å². The van der Waals surface area contributed by atoms with E-state index in [1.165, 1.54) is 5.56 Å². The van der Waals surface area contributed by atoms with Gasteiger partial charge in [-0.3, -0.25) is 4.79 Å². The van der Waals surface area contributed by atoms with Crippen LogP contribution >= 0.6 is 0 Å². The van der Waals surface area contributed by atoms with Gasteiger partial charge in [0.05, 0.1) is 7.11 Å². The topological polar surface area (TPSA) is 48.0 Å². The van der Waals surface area contributed by atoms with Crippen LogP contribution in [0.5, 0.6) is 17.2 Å². The Balaban J connectivity index is 1.40. The molecule has 5 heteroatoms. The number of hydrogen-bond acceptors (Lipinski definition) is 4. The Kier molecular flexibility index (Phi) is 4.22. The molecule has 0 N–H and O–H groups in total. The van der Waals surface area contributed by atoms with Crippen LogP contribution in [0.2, 0.25) is 0 Å². The summed E-state index contributed by atoms with van der Waals surface area (Å²) in [6.07, 6.45) is 1.95. The van der Waals surface area contributed by atoms with Crippen LogP contribution in [0.4, 0.5) is 0 Å². The summed E-state index contributed by atoms with van der Waals surface area (Å²) < 4.78 is 15.9. The van der Waals surface area contributed by atoms with Crippen LogP contribution < -0.4 is 14.2 Å². The molecular formula is C20H21NO4. The van der Waals surface area contributed by atoms with Crippen molar-refractivity contribution in [2.45, 2.75) is 18.8 Å². The number of benzene rings is 2. The number of amides is 1. The van der Waals surface area contributed by atoms with E-state index in [0.717, 1.165) is 31.7 Å². The van der Waals surface area contributed by atoms with E-state index in [1.807, 2.05) is 23.1 Å². The molecule has 4 rings (SSSR count). The summed E-state index contributed by atoms with van der Waals surface area (Å²) in [6.45, 7) is 1.76. The Morgan fingerprint density at radius 2 is 1.76 bits per heavy atom. The van der Waals surface area contributed by atoms with Crippen molar-refractivity contribution in [1.82, 2.24) is 4.90 Å². The highest BCUT2D eigenvalue weighted by Crippen LogP contribution is 2.34. The first-order valence-electron chi connectivity index (χ1n) is 8.57. The van der Waals surface area contributed by atoms with Gasteiger partial charge in [0, 0.05) is 18.7 Å². The van der Waals surface area contributed by atoms with Crippen LogP contribution in [0, 0.1) is 0 Å². The number of carbonyl (C=O) groups excluding carboxylic acids is 1. The minimum absolute atomic E-state index is 0.0616. The molecule has 2 aliphatic heterocycles. The van der Waals surface area contributed by atoms with E-state index in [9.17, 15) is 4.79 Å². The van der Waals surface area contributed by atoms with E-state index in [0.29, 0.717) is 23.0 Å². The third-order valence-corrected chi connectivity index (χ3v) is 4.99. The normalized spacial score (nSPS) is 16.8. The highest BCUT2D eigenvalue weighted by Gasteiger charge is 2.26. The molecule has 0 spiro atoms. The van der Waals surface area contributed by atoms with Crippen molar-refractivity contribution in [2.75, 3.05) is 27.0 Å². The van der Waals surface area contributed by atoms with Crippen molar-refractivity contribution in [3.8, 4) is 17.2 Å². The molecule has 0 atom stereocenters. The van der Waals surface area contributed by atoms with Gasteiger partial charge < -0.3 is 19.1 Å². The second-order valence-electron chi connectivity index (χ2n) is 6.41. The summed E-state index contributed by atoms with van der Waals surface area (Å²) in [5.41, 5.74) is 1.98. The number of likely N-dealkylation sites (tertiary alicyclic amines) is 1. The zero-order chi connectivity index (χ0) is 17.2. The van der Waals surface area contributed by atoms with Gasteiger partial charge in [-0.05, 0) is 54.7 Å². The van der Waals surface area contributed by atoms with E-state index < -0.39 is 0 Å². The molecule has 2 aromatic carbocycles. The summed E-state index contributed by atoms with van der Waals surface area (Å²) >= 11 is 0. The first kappa shape index (κ1) is 15.8. The highest BCUT2D eigenvalue weighted by molar-refractivity contribution is 5.95. The Morgan fingerprint density at radius 3 is 2.48 bits per heavy atom. The second kappa shape index (κ2) is 6.67. The SMILES string of the molecule is COc1ccc(C2CCN(C(=O)c3ccc4c(c3)OCO4)CC2)cc1. The van der Waals surface area contributed by atoms with Gasteiger partial charge in [0.15, 0.2) is 11.5 Å². The summed E-state index contributed by atoms with van der Waals surface area (Å²) in [6, 6.07) is 13.6. The minimum atomic E-state index is 0.0616. The summed E-state index contributed by atoms with van der Waals surface area (Å²) in [5, 5.41) is 0. The molecule has 0 saturated carbocycles. The predicted octanol–water partition coefficient (Wildman–Crippen LogP) is 3.44. The van der Waals surface area contributed by atoms with E-state index >= 15 is 0 Å². The van der Waals surface area contributed by atoms with Gasteiger partial charge in [-0.15, -0.1) is 0 Å². The number of rotatable bonds is 3. The zero-order valence-corrected chi connectivity index (χ0v) is 14.2. The monoisotopic (exact) mass is 339 g/mol. The third kappa shape index (κ3) is 3.14. The molecule has 1 amide bonds. The van der Waals surface area contributed by atoms with Crippen molar-refractivity contribution in [1.29, 1.82) is 0 Å². The maximum atomic E-state index is 12.7. The Bertz CT molecular complexity index is 764. The van der Waals surface area contributed by atoms with Gasteiger partial charge in [-0.25, -0.2) is 0 Å². The molecule has 1 saturated heterocycles. The van der Waals surface area contributed by atoms with Gasteiger partial charge >= 0.3 is 0 Å². The molecule has 25 heavy (non-hydrogen) atoms. The molecule has 1 fully saturated rings. The number of hydrogen-bond donors (Lipinski definition) is 0. The number of fused-ring (bicyclic) bond motifs is 1. The number of ether oxygens (including phenoxy) is 3. The van der Waals surface area contributed by atoms with Crippen LogP contribution in [0.1, 0.15) is 34.7 Å². The van der Waals surface area contributed by atoms with E-state index in [2.05, 4.69) is 12.1 Å². The lowest BCUT2D eigenvalue weighted by molar-refractivity contribution is 0.0712. The summed E-state index contributed by atoms with van der Waals surface area (Å²) in [7, 11) is 1.68. The van der Waals surface area contributed by atoms with Crippen LogP contribution in [-0.4, -0.2) is 37.8 Å². The van der Waals surface area contributed by atoms with Crippen LogP contribution in [0.25, 0.3) is 0 Å². The van der Waals surface area contributed by atoms with Gasteiger partial charge in [-0.2, -0.15) is 0 Å². The fraction of sp³-hybridized carbons (Fsp3) is 0.350. The van der Waals surface area contributed by atoms with Crippen molar-refractivity contribution in [2.24, 2.45) is 0 Å². The molecule has 0 aromatic heterocycles. The zero-order valence-electron chi connectivity index (χ0n) is 14.2. The Hall–Kier alpha value is -2.69. The van der Waals surface area contributed by atoms with E-state index in [4.69, 9.17) is 14.2 Å². The van der Waals surface area contributed by atoms with E-state index in [1.54, 1.807) is 19.2 Å². The third-order valence-electron chi connectivity index (χ3n) is 4.99. The lowest BCUT2D eigenvalue weighted by atomic mass is 9.89. The molecule has 0 aliphatic carbocycles. The van der Waals surface area contributed by atoms with E-state index in [-0.39, 0.29) is 12.7 Å². The van der Waals surface area contributed by atoms with Crippen molar-refractivity contribution < 1.29 is 19.0 Å². The standard InChI is InChI=1S/C20H21NO4/c1-23-17-5-2-14(3-6-17)15-8-10-21(11-9-15)20(22)16-4-7-18-19(12-16)25-13-24-18/h2-7,12,15H,8-11,13H2,1H3. The number of carbonyl (C=O) groups is 1. The molecule has 2 aromatic rings. The lowest BCUT2D eigenvalue weighted by Crippen LogP contribution is -2.37. The predicted molar refractivity (Wildman–Crippen MR) is 93.4 cm³/mol.